The zero-order valence-corrected chi connectivity index (χ0v) is 41.9. The number of allylic oxidation sites excluding steroid dienone is 8. The number of esters is 2. The van der Waals surface area contributed by atoms with E-state index in [1.54, 1.807) is 30.4 Å². The highest BCUT2D eigenvalue weighted by Crippen LogP contribution is 2.43. The average molecular weight is 977 g/mol. The standard InChI is InChI=1S/C49H86O15P2/c1-4-5-25-33-44(50)34-27-21-17-15-18-22-28-35-45(51)36-29-24-31-37-48(53)60-41-47(42-63-66(58,59)62-40-46(52)39-61-65(55,56)57)64-49(54)38-30-23-19-14-12-10-8-6-7-9-11-13-16-20-26-32-43(2)3/h5,17-18,21-22,25,27-29,34-36,43-47,50-52H,4,6-16,19-20,23-24,26,30-33,37-42H2,1-3H3,(H,58,59)(H2,55,56,57)/b21-17-,22-18-,25-5-,34-27+,35-28+,36-29-/t44-,45-,46+,47-/m1/s1. The van der Waals surface area contributed by atoms with E-state index in [9.17, 15) is 38.9 Å². The highest BCUT2D eigenvalue weighted by atomic mass is 31.2. The molecular weight excluding hydrogens is 890 g/mol. The van der Waals surface area contributed by atoms with Crippen molar-refractivity contribution in [2.45, 2.75) is 193 Å². The van der Waals surface area contributed by atoms with E-state index < -0.39 is 78.4 Å². The lowest BCUT2D eigenvalue weighted by Gasteiger charge is -2.20. The lowest BCUT2D eigenvalue weighted by atomic mass is 10.0. The summed E-state index contributed by atoms with van der Waals surface area (Å²) in [6, 6.07) is 0. The monoisotopic (exact) mass is 977 g/mol. The summed E-state index contributed by atoms with van der Waals surface area (Å²) in [5.74, 6) is -0.410. The number of unbranched alkanes of at least 4 members (excludes halogenated alkanes) is 15. The highest BCUT2D eigenvalue weighted by molar-refractivity contribution is 7.47. The molecule has 6 N–H and O–H groups in total. The van der Waals surface area contributed by atoms with Gasteiger partial charge in [-0.2, -0.15) is 0 Å². The third-order valence-corrected chi connectivity index (χ3v) is 11.4. The van der Waals surface area contributed by atoms with Crippen molar-refractivity contribution >= 4 is 27.6 Å². The minimum atomic E-state index is -4.89. The maximum atomic E-state index is 12.7. The van der Waals surface area contributed by atoms with E-state index in [1.807, 2.05) is 49.5 Å². The lowest BCUT2D eigenvalue weighted by molar-refractivity contribution is -0.161. The molecule has 0 aromatic heterocycles. The largest absolute Gasteiger partial charge is 0.472 e. The zero-order chi connectivity index (χ0) is 49.2. The number of ether oxygens (including phenoxy) is 2. The Morgan fingerprint density at radius 3 is 1.67 bits per heavy atom. The summed E-state index contributed by atoms with van der Waals surface area (Å²) >= 11 is 0. The average Bonchev–Trinajstić information content (AvgIpc) is 3.26. The molecule has 0 rings (SSSR count). The minimum absolute atomic E-state index is 0.00701. The summed E-state index contributed by atoms with van der Waals surface area (Å²) in [4.78, 5) is 52.9. The number of carbonyl (C=O) groups is 2. The quantitative estimate of drug-likeness (QED) is 0.0109. The van der Waals surface area contributed by atoms with E-state index in [4.69, 9.17) is 23.8 Å². The van der Waals surface area contributed by atoms with Crippen LogP contribution in [0.4, 0.5) is 0 Å². The van der Waals surface area contributed by atoms with Crippen LogP contribution in [0, 0.1) is 5.92 Å². The molecule has 5 atom stereocenters. The van der Waals surface area contributed by atoms with Gasteiger partial charge in [-0.05, 0) is 44.4 Å². The number of hydrogen-bond donors (Lipinski definition) is 6. The van der Waals surface area contributed by atoms with Crippen LogP contribution in [0.1, 0.15) is 168 Å². The first-order chi connectivity index (χ1) is 31.5. The van der Waals surface area contributed by atoms with Crippen LogP contribution in [-0.2, 0) is 41.8 Å². The molecule has 0 saturated heterocycles. The number of rotatable bonds is 44. The molecule has 0 spiro atoms. The fourth-order valence-electron chi connectivity index (χ4n) is 6.27. The topological polar surface area (TPSA) is 236 Å². The van der Waals surface area contributed by atoms with Crippen LogP contribution >= 0.6 is 15.6 Å². The number of phosphoric ester groups is 2. The van der Waals surface area contributed by atoms with Gasteiger partial charge in [-0.3, -0.25) is 23.2 Å². The fraction of sp³-hybridized carbons (Fsp3) is 0.714. The third-order valence-electron chi connectivity index (χ3n) is 9.95. The summed E-state index contributed by atoms with van der Waals surface area (Å²) in [5.41, 5.74) is 0. The van der Waals surface area contributed by atoms with Gasteiger partial charge >= 0.3 is 27.6 Å². The van der Waals surface area contributed by atoms with Gasteiger partial charge in [0.05, 0.1) is 32.0 Å². The Labute approximate surface area is 396 Å². The third kappa shape index (κ3) is 46.6. The molecule has 0 saturated carbocycles. The maximum Gasteiger partial charge on any atom is 0.472 e. The molecule has 0 amide bonds. The smallest absolute Gasteiger partial charge is 0.462 e. The Kier molecular flexibility index (Phi) is 40.9. The van der Waals surface area contributed by atoms with E-state index in [1.165, 1.54) is 70.6 Å². The number of aliphatic hydroxyl groups excluding tert-OH is 3. The van der Waals surface area contributed by atoms with Gasteiger partial charge in [0, 0.05) is 12.8 Å². The van der Waals surface area contributed by atoms with Gasteiger partial charge in [0.15, 0.2) is 6.10 Å². The fourth-order valence-corrected chi connectivity index (χ4v) is 7.43. The van der Waals surface area contributed by atoms with Gasteiger partial charge in [0.1, 0.15) is 12.7 Å². The molecule has 0 fully saturated rings. The van der Waals surface area contributed by atoms with Crippen LogP contribution in [0.25, 0.3) is 0 Å². The Morgan fingerprint density at radius 2 is 1.09 bits per heavy atom. The molecule has 0 aliphatic carbocycles. The normalized spacial score (nSPS) is 15.5. The number of aliphatic hydroxyl groups is 3. The Morgan fingerprint density at radius 1 is 0.561 bits per heavy atom. The van der Waals surface area contributed by atoms with Crippen molar-refractivity contribution < 1.29 is 71.8 Å². The van der Waals surface area contributed by atoms with Crippen LogP contribution in [0.5, 0.6) is 0 Å². The van der Waals surface area contributed by atoms with Crippen molar-refractivity contribution in [3.63, 3.8) is 0 Å². The van der Waals surface area contributed by atoms with Crippen molar-refractivity contribution in [1.29, 1.82) is 0 Å². The molecular formula is C49H86O15P2. The molecule has 17 heteroatoms. The second-order valence-corrected chi connectivity index (χ2v) is 19.6. The molecule has 15 nitrogen and oxygen atoms in total. The van der Waals surface area contributed by atoms with E-state index in [0.717, 1.165) is 38.0 Å². The van der Waals surface area contributed by atoms with Crippen molar-refractivity contribution in [3.05, 3.63) is 72.9 Å². The van der Waals surface area contributed by atoms with Crippen LogP contribution in [0.15, 0.2) is 72.9 Å². The van der Waals surface area contributed by atoms with E-state index >= 15 is 0 Å². The molecule has 0 aliphatic rings. The lowest BCUT2D eigenvalue weighted by Crippen LogP contribution is -2.30. The molecule has 0 aliphatic heterocycles. The predicted octanol–water partition coefficient (Wildman–Crippen LogP) is 10.8. The summed E-state index contributed by atoms with van der Waals surface area (Å²) in [6.07, 6.45) is 39.7. The molecule has 0 aromatic rings. The summed E-state index contributed by atoms with van der Waals surface area (Å²) in [6.45, 7) is 3.70. The summed E-state index contributed by atoms with van der Waals surface area (Å²) in [5, 5.41) is 29.8. The SMILES string of the molecule is CC/C=C\C[C@@H](O)/C=C/C=C\C/C=C\C=C\[C@@H](O)/C=C\CCCC(=O)OC[C@H](COP(=O)(O)OC[C@@H](O)COP(=O)(O)O)OC(=O)CCCCCCCCCCCCCCCCCC(C)C. The first-order valence-corrected chi connectivity index (χ1v) is 27.2. The maximum absolute atomic E-state index is 12.7. The summed E-state index contributed by atoms with van der Waals surface area (Å²) < 4.78 is 47.8. The van der Waals surface area contributed by atoms with Gasteiger partial charge in [-0.25, -0.2) is 9.13 Å². The van der Waals surface area contributed by atoms with Crippen LogP contribution in [0.3, 0.4) is 0 Å². The molecule has 1 unspecified atom stereocenters. The van der Waals surface area contributed by atoms with Crippen molar-refractivity contribution in [1.82, 2.24) is 0 Å². The van der Waals surface area contributed by atoms with Crippen molar-refractivity contribution in [2.24, 2.45) is 5.92 Å². The van der Waals surface area contributed by atoms with Crippen LogP contribution in [-0.4, -0.2) is 92.8 Å². The Hall–Kier alpha value is -2.52. The van der Waals surface area contributed by atoms with E-state index in [2.05, 4.69) is 22.9 Å². The van der Waals surface area contributed by atoms with Gasteiger partial charge < -0.3 is 39.5 Å². The summed E-state index contributed by atoms with van der Waals surface area (Å²) in [7, 11) is -9.75. The molecule has 382 valence electrons. The second kappa shape index (κ2) is 42.6. The Balaban J connectivity index is 4.67. The molecule has 66 heavy (non-hydrogen) atoms. The van der Waals surface area contributed by atoms with E-state index in [0.29, 0.717) is 32.1 Å². The number of phosphoric acid groups is 2. The first kappa shape index (κ1) is 63.5. The molecule has 0 aromatic carbocycles. The van der Waals surface area contributed by atoms with Crippen LogP contribution in [0.2, 0.25) is 0 Å². The van der Waals surface area contributed by atoms with Crippen LogP contribution < -0.4 is 0 Å². The molecule has 0 heterocycles. The second-order valence-electron chi connectivity index (χ2n) is 16.9. The van der Waals surface area contributed by atoms with Gasteiger partial charge in [0.2, 0.25) is 0 Å². The Bertz CT molecular complexity index is 1490. The predicted molar refractivity (Wildman–Crippen MR) is 260 cm³/mol. The number of hydrogen-bond acceptors (Lipinski definition) is 12. The molecule has 0 bridgehead atoms. The highest BCUT2D eigenvalue weighted by Gasteiger charge is 2.28. The van der Waals surface area contributed by atoms with Crippen molar-refractivity contribution in [3.8, 4) is 0 Å². The van der Waals surface area contributed by atoms with Gasteiger partial charge in [-0.1, -0.05) is 190 Å². The molecule has 0 radical (unpaired) electrons. The number of carbonyl (C=O) groups excluding carboxylic acids is 2. The van der Waals surface area contributed by atoms with Gasteiger partial charge in [0.25, 0.3) is 0 Å². The van der Waals surface area contributed by atoms with Gasteiger partial charge in [-0.15, -0.1) is 0 Å². The van der Waals surface area contributed by atoms with Crippen molar-refractivity contribution in [2.75, 3.05) is 26.4 Å². The minimum Gasteiger partial charge on any atom is -0.462 e. The first-order valence-electron chi connectivity index (χ1n) is 24.2. The van der Waals surface area contributed by atoms with E-state index in [-0.39, 0.29) is 12.8 Å². The zero-order valence-electron chi connectivity index (χ0n) is 40.2.